The zero-order chi connectivity index (χ0) is 18.5. The quantitative estimate of drug-likeness (QED) is 0.508. The molecule has 2 heterocycles. The van der Waals surface area contributed by atoms with Crippen LogP contribution in [0.3, 0.4) is 0 Å². The third kappa shape index (κ3) is 5.56. The Morgan fingerprint density at radius 3 is 2.08 bits per heavy atom. The molecular weight excluding hydrogens is 375 g/mol. The maximum atomic E-state index is 10.6. The van der Waals surface area contributed by atoms with Crippen LogP contribution in [-0.2, 0) is 6.61 Å². The number of aldehydes is 1. The van der Waals surface area contributed by atoms with Gasteiger partial charge in [-0.1, -0.05) is 23.2 Å². The molecule has 0 aliphatic heterocycles. The number of carbonyl (C=O) groups excluding carboxylic acids is 1. The molecule has 4 rings (SSSR count). The SMILES string of the molecule is O=Cc1cnc(Cl)cc1NC1CC1.OCc1cnc(Cl)cc1NC1CC1. The van der Waals surface area contributed by atoms with Crippen molar-refractivity contribution in [2.24, 2.45) is 0 Å². The number of nitrogens with one attached hydrogen (secondary N) is 2. The van der Waals surface area contributed by atoms with Gasteiger partial charge in [-0.25, -0.2) is 9.97 Å². The number of pyridine rings is 2. The van der Waals surface area contributed by atoms with Gasteiger partial charge >= 0.3 is 0 Å². The summed E-state index contributed by atoms with van der Waals surface area (Å²) < 4.78 is 0. The summed E-state index contributed by atoms with van der Waals surface area (Å²) in [6, 6.07) is 4.51. The monoisotopic (exact) mass is 394 g/mol. The lowest BCUT2D eigenvalue weighted by atomic mass is 10.2. The molecule has 2 aromatic rings. The van der Waals surface area contributed by atoms with E-state index in [1.807, 2.05) is 0 Å². The van der Waals surface area contributed by atoms with E-state index in [0.717, 1.165) is 36.1 Å². The summed E-state index contributed by atoms with van der Waals surface area (Å²) in [4.78, 5) is 18.4. The summed E-state index contributed by atoms with van der Waals surface area (Å²) in [6.45, 7) is -0.000772. The Labute approximate surface area is 162 Å². The van der Waals surface area contributed by atoms with E-state index in [-0.39, 0.29) is 6.61 Å². The van der Waals surface area contributed by atoms with Crippen molar-refractivity contribution in [3.8, 4) is 0 Å². The zero-order valence-corrected chi connectivity index (χ0v) is 15.6. The summed E-state index contributed by atoms with van der Waals surface area (Å²) in [5, 5.41) is 16.4. The van der Waals surface area contributed by atoms with Gasteiger partial charge in [-0.15, -0.1) is 0 Å². The van der Waals surface area contributed by atoms with Crippen LogP contribution in [-0.4, -0.2) is 33.4 Å². The largest absolute Gasteiger partial charge is 0.392 e. The maximum absolute atomic E-state index is 10.6. The molecule has 0 bridgehead atoms. The van der Waals surface area contributed by atoms with E-state index in [9.17, 15) is 4.79 Å². The maximum Gasteiger partial charge on any atom is 0.153 e. The number of aromatic nitrogens is 2. The molecular formula is C18H20Cl2N4O2. The number of hydrogen-bond acceptors (Lipinski definition) is 6. The Bertz CT molecular complexity index is 780. The lowest BCUT2D eigenvalue weighted by Gasteiger charge is -2.08. The van der Waals surface area contributed by atoms with Crippen molar-refractivity contribution in [3.63, 3.8) is 0 Å². The molecule has 0 saturated heterocycles. The Hall–Kier alpha value is -1.89. The van der Waals surface area contributed by atoms with Crippen molar-refractivity contribution in [3.05, 3.63) is 46.0 Å². The predicted octanol–water partition coefficient (Wildman–Crippen LogP) is 3.92. The highest BCUT2D eigenvalue weighted by Gasteiger charge is 2.22. The van der Waals surface area contributed by atoms with Crippen LogP contribution >= 0.6 is 23.2 Å². The second kappa shape index (κ2) is 8.66. The summed E-state index contributed by atoms with van der Waals surface area (Å²) in [6.07, 6.45) is 8.60. The first-order valence-corrected chi connectivity index (χ1v) is 9.23. The second-order valence-electron chi connectivity index (χ2n) is 6.37. The molecule has 2 aromatic heterocycles. The van der Waals surface area contributed by atoms with Crippen LogP contribution in [0.2, 0.25) is 10.3 Å². The normalized spacial score (nSPS) is 15.7. The van der Waals surface area contributed by atoms with Gasteiger partial charge in [0.1, 0.15) is 10.3 Å². The predicted molar refractivity (Wildman–Crippen MR) is 103 cm³/mol. The molecule has 26 heavy (non-hydrogen) atoms. The number of anilines is 2. The first-order chi connectivity index (χ1) is 12.6. The number of halogens is 2. The minimum atomic E-state index is -0.000772. The molecule has 138 valence electrons. The molecule has 2 aliphatic rings. The molecule has 0 radical (unpaired) electrons. The highest BCUT2D eigenvalue weighted by Crippen LogP contribution is 2.28. The van der Waals surface area contributed by atoms with Crippen LogP contribution in [0.5, 0.6) is 0 Å². The van der Waals surface area contributed by atoms with Gasteiger partial charge in [-0.05, 0) is 37.8 Å². The average Bonchev–Trinajstić information content (AvgIpc) is 3.53. The molecule has 0 unspecified atom stereocenters. The lowest BCUT2D eigenvalue weighted by Crippen LogP contribution is -2.04. The van der Waals surface area contributed by atoms with Gasteiger partial charge < -0.3 is 15.7 Å². The highest BCUT2D eigenvalue weighted by atomic mass is 35.5. The number of rotatable bonds is 6. The van der Waals surface area contributed by atoms with Gasteiger partial charge in [0, 0.05) is 41.4 Å². The van der Waals surface area contributed by atoms with E-state index >= 15 is 0 Å². The molecule has 6 nitrogen and oxygen atoms in total. The molecule has 3 N–H and O–H groups in total. The molecule has 2 fully saturated rings. The van der Waals surface area contributed by atoms with Gasteiger partial charge in [0.05, 0.1) is 12.2 Å². The minimum absolute atomic E-state index is 0.000772. The molecule has 8 heteroatoms. The number of aliphatic hydroxyl groups excluding tert-OH is 1. The molecule has 2 saturated carbocycles. The van der Waals surface area contributed by atoms with E-state index in [4.69, 9.17) is 28.3 Å². The van der Waals surface area contributed by atoms with E-state index in [0.29, 0.717) is 28.0 Å². The fourth-order valence-corrected chi connectivity index (χ4v) is 2.59. The first kappa shape index (κ1) is 18.9. The van der Waals surface area contributed by atoms with Crippen molar-refractivity contribution in [1.29, 1.82) is 0 Å². The highest BCUT2D eigenvalue weighted by molar-refractivity contribution is 6.30. The van der Waals surface area contributed by atoms with Crippen molar-refractivity contribution >= 4 is 40.9 Å². The smallest absolute Gasteiger partial charge is 0.153 e. The van der Waals surface area contributed by atoms with Crippen molar-refractivity contribution < 1.29 is 9.90 Å². The Morgan fingerprint density at radius 1 is 1.00 bits per heavy atom. The van der Waals surface area contributed by atoms with E-state index in [1.165, 1.54) is 19.0 Å². The standard InChI is InChI=1S/C9H11ClN2O.C9H9ClN2O/c2*10-9-3-8(12-7-1-2-7)6(5-13)4-11-9/h3-4,7,13H,1-2,5H2,(H,11,12);3-5,7H,1-2H2,(H,11,12). The van der Waals surface area contributed by atoms with E-state index in [2.05, 4.69) is 20.6 Å². The summed E-state index contributed by atoms with van der Waals surface area (Å²) in [7, 11) is 0. The second-order valence-corrected chi connectivity index (χ2v) is 7.15. The number of aliphatic hydroxyl groups is 1. The summed E-state index contributed by atoms with van der Waals surface area (Å²) in [5.74, 6) is 0. The average molecular weight is 395 g/mol. The third-order valence-electron chi connectivity index (χ3n) is 4.03. The van der Waals surface area contributed by atoms with Crippen LogP contribution in [0.15, 0.2) is 24.5 Å². The van der Waals surface area contributed by atoms with Crippen molar-refractivity contribution in [2.45, 2.75) is 44.4 Å². The Kier molecular flexibility index (Phi) is 6.29. The van der Waals surface area contributed by atoms with Gasteiger partial charge in [-0.2, -0.15) is 0 Å². The fraction of sp³-hybridized carbons (Fsp3) is 0.389. The van der Waals surface area contributed by atoms with Crippen molar-refractivity contribution in [1.82, 2.24) is 9.97 Å². The number of nitrogens with zero attached hydrogens (tertiary/aromatic N) is 2. The summed E-state index contributed by atoms with van der Waals surface area (Å²) >= 11 is 11.5. The van der Waals surface area contributed by atoms with E-state index < -0.39 is 0 Å². The number of carbonyl (C=O) groups is 1. The van der Waals surface area contributed by atoms with Crippen LogP contribution in [0.4, 0.5) is 11.4 Å². The molecule has 0 aromatic carbocycles. The van der Waals surface area contributed by atoms with Crippen LogP contribution in [0.1, 0.15) is 41.6 Å². The van der Waals surface area contributed by atoms with Crippen LogP contribution in [0.25, 0.3) is 0 Å². The Morgan fingerprint density at radius 2 is 1.54 bits per heavy atom. The van der Waals surface area contributed by atoms with Crippen molar-refractivity contribution in [2.75, 3.05) is 10.6 Å². The molecule has 2 aliphatic carbocycles. The molecule has 0 spiro atoms. The third-order valence-corrected chi connectivity index (χ3v) is 4.44. The van der Waals surface area contributed by atoms with Crippen LogP contribution < -0.4 is 10.6 Å². The van der Waals surface area contributed by atoms with Gasteiger partial charge in [-0.3, -0.25) is 4.79 Å². The zero-order valence-electron chi connectivity index (χ0n) is 14.1. The molecule has 0 amide bonds. The number of hydrogen-bond donors (Lipinski definition) is 3. The van der Waals surface area contributed by atoms with E-state index in [1.54, 1.807) is 18.3 Å². The molecule has 0 atom stereocenters. The first-order valence-electron chi connectivity index (χ1n) is 8.48. The van der Waals surface area contributed by atoms with Crippen LogP contribution in [0, 0.1) is 0 Å². The van der Waals surface area contributed by atoms with Gasteiger partial charge in [0.15, 0.2) is 6.29 Å². The lowest BCUT2D eigenvalue weighted by molar-refractivity contribution is 0.112. The summed E-state index contributed by atoms with van der Waals surface area (Å²) in [5.41, 5.74) is 3.06. The van der Waals surface area contributed by atoms with Gasteiger partial charge in [0.2, 0.25) is 0 Å². The topological polar surface area (TPSA) is 87.1 Å². The fourth-order valence-electron chi connectivity index (χ4n) is 2.27. The Balaban J connectivity index is 0.000000151. The minimum Gasteiger partial charge on any atom is -0.392 e. The van der Waals surface area contributed by atoms with Gasteiger partial charge in [0.25, 0.3) is 0 Å².